The number of hydrogen-bond acceptors (Lipinski definition) is 3. The average Bonchev–Trinajstić information content (AvgIpc) is 2.81. The third kappa shape index (κ3) is 3.84. The van der Waals surface area contributed by atoms with Gasteiger partial charge in [-0.15, -0.1) is 11.3 Å². The molecule has 106 valence electrons. The zero-order chi connectivity index (χ0) is 14.5. The van der Waals surface area contributed by atoms with E-state index in [1.54, 1.807) is 23.3 Å². The number of hydrogen-bond donors (Lipinski definition) is 0. The topological polar surface area (TPSA) is 29.5 Å². The van der Waals surface area contributed by atoms with Crippen LogP contribution in [-0.4, -0.2) is 24.5 Å². The van der Waals surface area contributed by atoms with Gasteiger partial charge in [-0.3, -0.25) is 4.79 Å². The smallest absolute Gasteiger partial charge is 0.260 e. The highest BCUT2D eigenvalue weighted by Crippen LogP contribution is 2.17. The molecule has 0 spiro atoms. The summed E-state index contributed by atoms with van der Waals surface area (Å²) in [5.41, 5.74) is 2.35. The van der Waals surface area contributed by atoms with Crippen molar-refractivity contribution in [2.45, 2.75) is 20.4 Å². The van der Waals surface area contributed by atoms with Crippen molar-refractivity contribution in [3.63, 3.8) is 0 Å². The average molecular weight is 289 g/mol. The summed E-state index contributed by atoms with van der Waals surface area (Å²) in [4.78, 5) is 15.0. The molecule has 0 aliphatic rings. The van der Waals surface area contributed by atoms with Crippen LogP contribution in [0, 0.1) is 13.8 Å². The number of rotatable bonds is 5. The molecule has 0 unspecified atom stereocenters. The third-order valence-corrected chi connectivity index (χ3v) is 4.13. The van der Waals surface area contributed by atoms with Crippen LogP contribution < -0.4 is 4.74 Å². The van der Waals surface area contributed by atoms with E-state index >= 15 is 0 Å². The molecule has 0 atom stereocenters. The monoisotopic (exact) mass is 289 g/mol. The maximum Gasteiger partial charge on any atom is 0.260 e. The van der Waals surface area contributed by atoms with Crippen LogP contribution in [0.25, 0.3) is 0 Å². The fraction of sp³-hybridized carbons (Fsp3) is 0.312. The Kier molecular flexibility index (Phi) is 4.79. The first-order chi connectivity index (χ1) is 9.56. The van der Waals surface area contributed by atoms with E-state index in [0.717, 1.165) is 11.3 Å². The molecule has 1 aromatic heterocycles. The van der Waals surface area contributed by atoms with Gasteiger partial charge in [-0.2, -0.15) is 0 Å². The molecule has 0 fully saturated rings. The summed E-state index contributed by atoms with van der Waals surface area (Å²) in [6.07, 6.45) is 0. The molecule has 0 radical (unpaired) electrons. The van der Waals surface area contributed by atoms with Gasteiger partial charge in [0.1, 0.15) is 5.75 Å². The SMILES string of the molecule is Cc1cccc(OCC(=O)N(C)Cc2sccc2C)c1. The summed E-state index contributed by atoms with van der Waals surface area (Å²) in [5.74, 6) is 0.721. The first kappa shape index (κ1) is 14.6. The van der Waals surface area contributed by atoms with Crippen molar-refractivity contribution in [2.24, 2.45) is 0 Å². The second-order valence-electron chi connectivity index (χ2n) is 4.88. The molecule has 2 rings (SSSR count). The van der Waals surface area contributed by atoms with Gasteiger partial charge in [0.25, 0.3) is 5.91 Å². The van der Waals surface area contributed by atoms with Gasteiger partial charge in [-0.1, -0.05) is 12.1 Å². The van der Waals surface area contributed by atoms with Crippen LogP contribution in [0.4, 0.5) is 0 Å². The minimum Gasteiger partial charge on any atom is -0.484 e. The van der Waals surface area contributed by atoms with E-state index in [9.17, 15) is 4.79 Å². The molecule has 0 aliphatic heterocycles. The Morgan fingerprint density at radius 1 is 1.30 bits per heavy atom. The molecule has 2 aromatic rings. The van der Waals surface area contributed by atoms with Gasteiger partial charge in [-0.25, -0.2) is 0 Å². The number of likely N-dealkylation sites (N-methyl/N-ethyl adjacent to an activating group) is 1. The van der Waals surface area contributed by atoms with Gasteiger partial charge >= 0.3 is 0 Å². The predicted molar refractivity (Wildman–Crippen MR) is 82.2 cm³/mol. The number of aryl methyl sites for hydroxylation is 2. The molecular weight excluding hydrogens is 270 g/mol. The Morgan fingerprint density at radius 3 is 2.75 bits per heavy atom. The van der Waals surface area contributed by atoms with Gasteiger partial charge in [-0.05, 0) is 48.6 Å². The fourth-order valence-electron chi connectivity index (χ4n) is 1.83. The Morgan fingerprint density at radius 2 is 2.10 bits per heavy atom. The standard InChI is InChI=1S/C16H19NO2S/c1-12-5-4-6-14(9-12)19-11-16(18)17(3)10-15-13(2)7-8-20-15/h4-9H,10-11H2,1-3H3. The van der Waals surface area contributed by atoms with Crippen molar-refractivity contribution in [1.29, 1.82) is 0 Å². The minimum absolute atomic E-state index is 0.0145. The van der Waals surface area contributed by atoms with E-state index in [4.69, 9.17) is 4.74 Å². The maximum absolute atomic E-state index is 12.0. The predicted octanol–water partition coefficient (Wildman–Crippen LogP) is 3.40. The van der Waals surface area contributed by atoms with Crippen molar-refractivity contribution >= 4 is 17.2 Å². The number of ether oxygens (including phenoxy) is 1. The summed E-state index contributed by atoms with van der Waals surface area (Å²) < 4.78 is 5.53. The molecule has 0 saturated heterocycles. The second kappa shape index (κ2) is 6.57. The minimum atomic E-state index is -0.0145. The largest absolute Gasteiger partial charge is 0.484 e. The van der Waals surface area contributed by atoms with Gasteiger partial charge in [0.15, 0.2) is 6.61 Å². The van der Waals surface area contributed by atoms with E-state index in [-0.39, 0.29) is 12.5 Å². The van der Waals surface area contributed by atoms with Gasteiger partial charge < -0.3 is 9.64 Å². The molecule has 4 heteroatoms. The van der Waals surface area contributed by atoms with Crippen LogP contribution in [0.15, 0.2) is 35.7 Å². The van der Waals surface area contributed by atoms with Crippen LogP contribution in [0.3, 0.4) is 0 Å². The van der Waals surface area contributed by atoms with E-state index < -0.39 is 0 Å². The Balaban J connectivity index is 1.87. The van der Waals surface area contributed by atoms with E-state index in [1.165, 1.54) is 10.4 Å². The molecule has 1 amide bonds. The normalized spacial score (nSPS) is 10.3. The summed E-state index contributed by atoms with van der Waals surface area (Å²) >= 11 is 1.68. The number of carbonyl (C=O) groups excluding carboxylic acids is 1. The Bertz CT molecular complexity index is 592. The summed E-state index contributed by atoms with van der Waals surface area (Å²) in [5, 5.41) is 2.05. The molecule has 3 nitrogen and oxygen atoms in total. The number of carbonyl (C=O) groups is 1. The summed E-state index contributed by atoms with van der Waals surface area (Å²) in [6, 6.07) is 9.79. The zero-order valence-corrected chi connectivity index (χ0v) is 12.9. The summed E-state index contributed by atoms with van der Waals surface area (Å²) in [7, 11) is 1.81. The van der Waals surface area contributed by atoms with Crippen molar-refractivity contribution in [3.05, 3.63) is 51.7 Å². The molecule has 1 aromatic carbocycles. The van der Waals surface area contributed by atoms with Crippen LogP contribution in [-0.2, 0) is 11.3 Å². The molecule has 20 heavy (non-hydrogen) atoms. The zero-order valence-electron chi connectivity index (χ0n) is 12.1. The highest BCUT2D eigenvalue weighted by molar-refractivity contribution is 7.10. The number of thiophene rings is 1. The van der Waals surface area contributed by atoms with Crippen molar-refractivity contribution in [1.82, 2.24) is 4.90 Å². The van der Waals surface area contributed by atoms with Gasteiger partial charge in [0.2, 0.25) is 0 Å². The van der Waals surface area contributed by atoms with Crippen molar-refractivity contribution < 1.29 is 9.53 Å². The van der Waals surface area contributed by atoms with Gasteiger partial charge in [0, 0.05) is 11.9 Å². The molecule has 0 aliphatic carbocycles. The first-order valence-electron chi connectivity index (χ1n) is 6.52. The van der Waals surface area contributed by atoms with E-state index in [2.05, 4.69) is 13.0 Å². The Hall–Kier alpha value is -1.81. The van der Waals surface area contributed by atoms with Crippen LogP contribution >= 0.6 is 11.3 Å². The lowest BCUT2D eigenvalue weighted by molar-refractivity contribution is -0.132. The highest BCUT2D eigenvalue weighted by Gasteiger charge is 2.12. The molecule has 0 saturated carbocycles. The van der Waals surface area contributed by atoms with E-state index in [1.807, 2.05) is 36.6 Å². The second-order valence-corrected chi connectivity index (χ2v) is 5.88. The van der Waals surface area contributed by atoms with Crippen molar-refractivity contribution in [3.8, 4) is 5.75 Å². The molecule has 0 N–H and O–H groups in total. The number of nitrogens with zero attached hydrogens (tertiary/aromatic N) is 1. The number of benzene rings is 1. The van der Waals surface area contributed by atoms with Crippen molar-refractivity contribution in [2.75, 3.05) is 13.7 Å². The lowest BCUT2D eigenvalue weighted by Gasteiger charge is -2.17. The third-order valence-electron chi connectivity index (χ3n) is 3.13. The maximum atomic E-state index is 12.0. The quantitative estimate of drug-likeness (QED) is 0.844. The Labute approximate surface area is 123 Å². The fourth-order valence-corrected chi connectivity index (χ4v) is 2.79. The van der Waals surface area contributed by atoms with Gasteiger partial charge in [0.05, 0.1) is 6.54 Å². The van der Waals surface area contributed by atoms with E-state index in [0.29, 0.717) is 6.54 Å². The molecule has 1 heterocycles. The summed E-state index contributed by atoms with van der Waals surface area (Å²) in [6.45, 7) is 4.78. The van der Waals surface area contributed by atoms with Crippen LogP contribution in [0.1, 0.15) is 16.0 Å². The van der Waals surface area contributed by atoms with Crippen LogP contribution in [0.5, 0.6) is 5.75 Å². The van der Waals surface area contributed by atoms with Crippen LogP contribution in [0.2, 0.25) is 0 Å². The first-order valence-corrected chi connectivity index (χ1v) is 7.40. The lowest BCUT2D eigenvalue weighted by Crippen LogP contribution is -2.30. The highest BCUT2D eigenvalue weighted by atomic mass is 32.1. The molecular formula is C16H19NO2S. The number of amides is 1. The lowest BCUT2D eigenvalue weighted by atomic mass is 10.2. The molecule has 0 bridgehead atoms.